The predicted octanol–water partition coefficient (Wildman–Crippen LogP) is 2.67. The van der Waals surface area contributed by atoms with E-state index in [4.69, 9.17) is 11.6 Å². The molecule has 1 aromatic heterocycles. The van der Waals surface area contributed by atoms with Gasteiger partial charge >= 0.3 is 0 Å². The molecule has 0 amide bonds. The Kier molecular flexibility index (Phi) is 7.16. The summed E-state index contributed by atoms with van der Waals surface area (Å²) in [7, 11) is 0. The van der Waals surface area contributed by atoms with Gasteiger partial charge in [-0.3, -0.25) is 9.79 Å². The van der Waals surface area contributed by atoms with Crippen LogP contribution in [-0.4, -0.2) is 29.3 Å². The summed E-state index contributed by atoms with van der Waals surface area (Å²) < 4.78 is 0. The summed E-state index contributed by atoms with van der Waals surface area (Å²) in [5.74, 6) is 5.21. The van der Waals surface area contributed by atoms with Crippen molar-refractivity contribution >= 4 is 29.6 Å². The summed E-state index contributed by atoms with van der Waals surface area (Å²) >= 11 is 0. The lowest BCUT2D eigenvalue weighted by Crippen LogP contribution is -2.29. The van der Waals surface area contributed by atoms with Crippen molar-refractivity contribution in [2.45, 2.75) is 44.7 Å². The molecule has 152 valence electrons. The first-order chi connectivity index (χ1) is 14.2. The second-order valence-electron chi connectivity index (χ2n) is 7.03. The zero-order valence-corrected chi connectivity index (χ0v) is 16.3. The van der Waals surface area contributed by atoms with Gasteiger partial charge in [-0.25, -0.2) is 4.99 Å². The number of aliphatic imine (C=N–C) groups is 2. The Hall–Kier alpha value is -3.42. The maximum Gasteiger partial charge on any atom is 0.261 e. The number of aromatic amines is 1. The fourth-order valence-corrected chi connectivity index (χ4v) is 3.43. The molecule has 0 unspecified atom stereocenters. The first-order valence-corrected chi connectivity index (χ1v) is 9.80. The molecule has 0 radical (unpaired) electrons. The fourth-order valence-electron chi connectivity index (χ4n) is 3.43. The highest BCUT2D eigenvalue weighted by Gasteiger charge is 2.17. The molecule has 0 bridgehead atoms. The van der Waals surface area contributed by atoms with Crippen molar-refractivity contribution in [1.82, 2.24) is 4.98 Å². The van der Waals surface area contributed by atoms with Crippen LogP contribution in [0.2, 0.25) is 0 Å². The van der Waals surface area contributed by atoms with Gasteiger partial charge in [-0.15, -0.1) is 0 Å². The molecule has 8 nitrogen and oxygen atoms in total. The van der Waals surface area contributed by atoms with Gasteiger partial charge in [0.2, 0.25) is 0 Å². The second-order valence-corrected chi connectivity index (χ2v) is 7.03. The molecule has 0 spiro atoms. The standard InChI is InChI=1S/C21H27N7O/c22-20(28-17-8-6-15(7-9-17)14-24-12-13-26-23)19-18(10-11-25-21(19)29)27-16-4-2-1-3-5-16/h6-13,16H,1-5,14,23H2,(H2,22,28)(H2,25,27,29). The van der Waals surface area contributed by atoms with Crippen molar-refractivity contribution in [3.63, 3.8) is 0 Å². The molecule has 29 heavy (non-hydrogen) atoms. The number of hydrogen-bond donors (Lipinski definition) is 4. The number of pyridine rings is 1. The lowest BCUT2D eigenvalue weighted by atomic mass is 9.95. The highest BCUT2D eigenvalue weighted by atomic mass is 16.1. The minimum Gasteiger partial charge on any atom is -0.383 e. The Labute approximate surface area is 169 Å². The van der Waals surface area contributed by atoms with E-state index in [0.29, 0.717) is 23.8 Å². The van der Waals surface area contributed by atoms with Crippen LogP contribution < -0.4 is 22.5 Å². The Morgan fingerprint density at radius 1 is 1.14 bits per heavy atom. The topological polar surface area (TPSA) is 134 Å². The molecule has 3 rings (SSSR count). The number of hydrazone groups is 1. The highest BCUT2D eigenvalue weighted by molar-refractivity contribution is 6.15. The average Bonchev–Trinajstić information content (AvgIpc) is 2.73. The number of benzene rings is 1. The van der Waals surface area contributed by atoms with Crippen molar-refractivity contribution in [3.8, 4) is 0 Å². The molecular weight excluding hydrogens is 366 g/mol. The van der Waals surface area contributed by atoms with Crippen LogP contribution in [0.25, 0.3) is 0 Å². The molecule has 0 saturated heterocycles. The van der Waals surface area contributed by atoms with E-state index in [9.17, 15) is 4.79 Å². The zero-order valence-electron chi connectivity index (χ0n) is 16.3. The van der Waals surface area contributed by atoms with Gasteiger partial charge in [0.05, 0.1) is 24.1 Å². The number of amidine groups is 1. The molecule has 1 aliphatic carbocycles. The minimum absolute atomic E-state index is 0.190. The smallest absolute Gasteiger partial charge is 0.261 e. The van der Waals surface area contributed by atoms with E-state index in [1.807, 2.05) is 30.3 Å². The van der Waals surface area contributed by atoms with E-state index < -0.39 is 0 Å². The quantitative estimate of drug-likeness (QED) is 0.249. The van der Waals surface area contributed by atoms with E-state index in [2.05, 4.69) is 25.4 Å². The van der Waals surface area contributed by atoms with Gasteiger partial charge in [-0.2, -0.15) is 5.10 Å². The number of nitrogens with zero attached hydrogens (tertiary/aromatic N) is 3. The Morgan fingerprint density at radius 2 is 1.90 bits per heavy atom. The fraction of sp³-hybridized carbons (Fsp3) is 0.333. The van der Waals surface area contributed by atoms with Crippen LogP contribution >= 0.6 is 0 Å². The number of nitrogens with one attached hydrogen (secondary N) is 2. The van der Waals surface area contributed by atoms with E-state index in [1.54, 1.807) is 12.4 Å². The SMILES string of the molecule is NN=CC=NCc1ccc(N=C(N)c2c(NC3CCCCC3)cc[nH]c2=O)cc1. The van der Waals surface area contributed by atoms with Crippen LogP contribution in [0.5, 0.6) is 0 Å². The summed E-state index contributed by atoms with van der Waals surface area (Å²) in [6.45, 7) is 0.513. The van der Waals surface area contributed by atoms with Crippen LogP contribution in [0, 0.1) is 0 Å². The Balaban J connectivity index is 1.77. The lowest BCUT2D eigenvalue weighted by Gasteiger charge is -2.24. The molecule has 0 aliphatic heterocycles. The summed E-state index contributed by atoms with van der Waals surface area (Å²) in [5.41, 5.74) is 8.78. The van der Waals surface area contributed by atoms with Gasteiger partial charge in [0.1, 0.15) is 11.4 Å². The van der Waals surface area contributed by atoms with Crippen LogP contribution in [-0.2, 0) is 6.54 Å². The van der Waals surface area contributed by atoms with Gasteiger partial charge in [-0.1, -0.05) is 31.4 Å². The minimum atomic E-state index is -0.250. The van der Waals surface area contributed by atoms with Crippen LogP contribution in [0.15, 0.2) is 56.4 Å². The van der Waals surface area contributed by atoms with Crippen molar-refractivity contribution in [2.75, 3.05) is 5.32 Å². The average molecular weight is 393 g/mol. The Morgan fingerprint density at radius 3 is 2.62 bits per heavy atom. The third kappa shape index (κ3) is 5.78. The van der Waals surface area contributed by atoms with E-state index >= 15 is 0 Å². The van der Waals surface area contributed by atoms with Crippen LogP contribution in [0.4, 0.5) is 11.4 Å². The first-order valence-electron chi connectivity index (χ1n) is 9.80. The molecule has 0 atom stereocenters. The largest absolute Gasteiger partial charge is 0.383 e. The highest BCUT2D eigenvalue weighted by Crippen LogP contribution is 2.23. The maximum atomic E-state index is 12.4. The molecule has 1 fully saturated rings. The van der Waals surface area contributed by atoms with Crippen molar-refractivity contribution < 1.29 is 0 Å². The monoisotopic (exact) mass is 393 g/mol. The predicted molar refractivity (Wildman–Crippen MR) is 119 cm³/mol. The summed E-state index contributed by atoms with van der Waals surface area (Å²) in [5, 5.41) is 6.84. The molecule has 1 aliphatic rings. The maximum absolute atomic E-state index is 12.4. The third-order valence-corrected chi connectivity index (χ3v) is 4.90. The van der Waals surface area contributed by atoms with Crippen LogP contribution in [0.3, 0.4) is 0 Å². The van der Waals surface area contributed by atoms with Crippen LogP contribution in [0.1, 0.15) is 43.2 Å². The zero-order chi connectivity index (χ0) is 20.5. The van der Waals surface area contributed by atoms with Gasteiger partial charge < -0.3 is 21.9 Å². The normalized spacial score (nSPS) is 15.9. The van der Waals surface area contributed by atoms with Crippen molar-refractivity contribution in [3.05, 3.63) is 58.0 Å². The molecule has 6 N–H and O–H groups in total. The number of H-pyrrole nitrogens is 1. The van der Waals surface area contributed by atoms with Gasteiger partial charge in [0.25, 0.3) is 5.56 Å². The molecule has 2 aromatic rings. The third-order valence-electron chi connectivity index (χ3n) is 4.90. The van der Waals surface area contributed by atoms with Crippen molar-refractivity contribution in [2.24, 2.45) is 26.7 Å². The number of nitrogens with two attached hydrogens (primary N) is 2. The molecule has 1 heterocycles. The number of rotatable bonds is 7. The summed E-state index contributed by atoms with van der Waals surface area (Å²) in [4.78, 5) is 23.8. The molecule has 1 saturated carbocycles. The second kappa shape index (κ2) is 10.2. The number of aromatic nitrogens is 1. The van der Waals surface area contributed by atoms with Gasteiger partial charge in [-0.05, 0) is 36.6 Å². The number of anilines is 1. The number of hydrogen-bond acceptors (Lipinski definition) is 6. The van der Waals surface area contributed by atoms with E-state index in [1.165, 1.54) is 25.5 Å². The van der Waals surface area contributed by atoms with Gasteiger partial charge in [0.15, 0.2) is 0 Å². The summed E-state index contributed by atoms with van der Waals surface area (Å²) in [6, 6.07) is 9.74. The molecular formula is C21H27N7O. The molecule has 8 heteroatoms. The van der Waals surface area contributed by atoms with E-state index in [-0.39, 0.29) is 11.4 Å². The van der Waals surface area contributed by atoms with Crippen molar-refractivity contribution in [1.29, 1.82) is 0 Å². The van der Waals surface area contributed by atoms with Gasteiger partial charge in [0, 0.05) is 18.5 Å². The lowest BCUT2D eigenvalue weighted by molar-refractivity contribution is 0.462. The summed E-state index contributed by atoms with van der Waals surface area (Å²) in [6.07, 6.45) is 10.5. The Bertz CT molecular complexity index is 938. The first kappa shape index (κ1) is 20.3. The van der Waals surface area contributed by atoms with E-state index in [0.717, 1.165) is 24.1 Å². The molecule has 1 aromatic carbocycles.